The Bertz CT molecular complexity index is 892. The van der Waals surface area contributed by atoms with Crippen LogP contribution in [-0.4, -0.2) is 27.1 Å². The summed E-state index contributed by atoms with van der Waals surface area (Å²) in [6.45, 7) is 5.74. The van der Waals surface area contributed by atoms with Crippen LogP contribution in [0, 0.1) is 12.8 Å². The Morgan fingerprint density at radius 3 is 2.64 bits per heavy atom. The summed E-state index contributed by atoms with van der Waals surface area (Å²) in [7, 11) is 0. The lowest BCUT2D eigenvalue weighted by Crippen LogP contribution is -2.35. The predicted octanol–water partition coefficient (Wildman–Crippen LogP) is 4.58. The van der Waals surface area contributed by atoms with Crippen molar-refractivity contribution in [1.29, 1.82) is 0 Å². The van der Waals surface area contributed by atoms with Gasteiger partial charge in [-0.1, -0.05) is 50.6 Å². The molecule has 2 atom stereocenters. The second-order valence-corrected chi connectivity index (χ2v) is 7.19. The van der Waals surface area contributed by atoms with E-state index in [1.54, 1.807) is 11.3 Å². The molecule has 0 aliphatic carbocycles. The minimum Gasteiger partial charge on any atom is -0.480 e. The third-order valence-corrected chi connectivity index (χ3v) is 5.41. The molecule has 2 N–H and O–H groups in total. The van der Waals surface area contributed by atoms with E-state index in [1.165, 1.54) is 0 Å². The molecule has 0 saturated carbocycles. The molecule has 0 radical (unpaired) electrons. The molecule has 1 aromatic carbocycles. The molecule has 2 unspecified atom stereocenters. The summed E-state index contributed by atoms with van der Waals surface area (Å²) >= 11 is 1.59. The Morgan fingerprint density at radius 2 is 2.00 bits per heavy atom. The first-order chi connectivity index (χ1) is 12.0. The van der Waals surface area contributed by atoms with E-state index >= 15 is 0 Å². The number of aryl methyl sites for hydroxylation is 1. The van der Waals surface area contributed by atoms with Gasteiger partial charge in [0.1, 0.15) is 22.5 Å². The summed E-state index contributed by atoms with van der Waals surface area (Å²) in [5.41, 5.74) is 1.12. The molecule has 2 heterocycles. The fourth-order valence-corrected chi connectivity index (χ4v) is 3.80. The van der Waals surface area contributed by atoms with Crippen LogP contribution in [0.2, 0.25) is 0 Å². The number of thiophene rings is 1. The molecule has 3 rings (SSSR count). The number of fused-ring (bicyclic) bond motifs is 1. The minimum absolute atomic E-state index is 0.00458. The quantitative estimate of drug-likeness (QED) is 0.677. The zero-order chi connectivity index (χ0) is 18.0. The molecule has 0 fully saturated rings. The van der Waals surface area contributed by atoms with Gasteiger partial charge in [0.25, 0.3) is 0 Å². The minimum atomic E-state index is -0.864. The maximum Gasteiger partial charge on any atom is 0.326 e. The van der Waals surface area contributed by atoms with Gasteiger partial charge in [-0.2, -0.15) is 0 Å². The first kappa shape index (κ1) is 17.4. The van der Waals surface area contributed by atoms with Crippen molar-refractivity contribution < 1.29 is 9.90 Å². The molecule has 0 saturated heterocycles. The molecule has 0 aliphatic heterocycles. The molecular formula is C19H21N3O2S. The summed E-state index contributed by atoms with van der Waals surface area (Å²) in [5.74, 6) is 0.353. The van der Waals surface area contributed by atoms with E-state index in [2.05, 4.69) is 27.4 Å². The average molecular weight is 355 g/mol. The van der Waals surface area contributed by atoms with Gasteiger partial charge in [0.15, 0.2) is 0 Å². The molecule has 25 heavy (non-hydrogen) atoms. The van der Waals surface area contributed by atoms with Crippen LogP contribution in [-0.2, 0) is 4.79 Å². The van der Waals surface area contributed by atoms with Gasteiger partial charge in [0, 0.05) is 4.88 Å². The summed E-state index contributed by atoms with van der Waals surface area (Å²) in [6.07, 6.45) is 0.774. The first-order valence-electron chi connectivity index (χ1n) is 8.32. The van der Waals surface area contributed by atoms with Crippen molar-refractivity contribution in [2.24, 2.45) is 5.92 Å². The van der Waals surface area contributed by atoms with Gasteiger partial charge in [-0.05, 0) is 24.5 Å². The zero-order valence-corrected chi connectivity index (χ0v) is 15.3. The number of hydrogen-bond donors (Lipinski definition) is 2. The molecular weight excluding hydrogens is 334 g/mol. The van der Waals surface area contributed by atoms with E-state index in [4.69, 9.17) is 0 Å². The van der Waals surface area contributed by atoms with Crippen LogP contribution < -0.4 is 5.32 Å². The van der Waals surface area contributed by atoms with Crippen molar-refractivity contribution in [3.05, 3.63) is 42.2 Å². The number of nitrogens with zero attached hydrogens (tertiary/aromatic N) is 2. The number of aromatic nitrogens is 2. The van der Waals surface area contributed by atoms with Crippen LogP contribution in [0.25, 0.3) is 20.7 Å². The molecule has 0 aliphatic rings. The standard InChI is InChI=1S/C19H21N3O2S/c1-4-11(2)16(19(23)24)22-17-14-10-15(13-8-6-5-7-9-13)25-18(14)21-12(3)20-17/h5-11,16H,4H2,1-3H3,(H,23,24)(H,20,21,22). The fraction of sp³-hybridized carbons (Fsp3) is 0.316. The van der Waals surface area contributed by atoms with Gasteiger partial charge in [-0.3, -0.25) is 0 Å². The maximum atomic E-state index is 11.6. The molecule has 0 spiro atoms. The second-order valence-electron chi connectivity index (χ2n) is 6.16. The van der Waals surface area contributed by atoms with Gasteiger partial charge >= 0.3 is 5.97 Å². The Morgan fingerprint density at radius 1 is 1.28 bits per heavy atom. The third-order valence-electron chi connectivity index (χ3n) is 4.33. The number of carboxylic acids is 1. The van der Waals surface area contributed by atoms with E-state index < -0.39 is 12.0 Å². The lowest BCUT2D eigenvalue weighted by atomic mass is 9.99. The lowest BCUT2D eigenvalue weighted by Gasteiger charge is -2.21. The van der Waals surface area contributed by atoms with E-state index in [-0.39, 0.29) is 5.92 Å². The highest BCUT2D eigenvalue weighted by Gasteiger charge is 2.25. The molecule has 0 amide bonds. The highest BCUT2D eigenvalue weighted by atomic mass is 32.1. The van der Waals surface area contributed by atoms with Crippen LogP contribution >= 0.6 is 11.3 Å². The second kappa shape index (κ2) is 7.19. The maximum absolute atomic E-state index is 11.6. The highest BCUT2D eigenvalue weighted by molar-refractivity contribution is 7.21. The smallest absolute Gasteiger partial charge is 0.326 e. The Kier molecular flexibility index (Phi) is 4.99. The van der Waals surface area contributed by atoms with Gasteiger partial charge in [-0.25, -0.2) is 14.8 Å². The molecule has 0 bridgehead atoms. The highest BCUT2D eigenvalue weighted by Crippen LogP contribution is 2.35. The van der Waals surface area contributed by atoms with Crippen molar-refractivity contribution in [3.8, 4) is 10.4 Å². The summed E-state index contributed by atoms with van der Waals surface area (Å²) in [6, 6.07) is 11.4. The van der Waals surface area contributed by atoms with Gasteiger partial charge < -0.3 is 10.4 Å². The first-order valence-corrected chi connectivity index (χ1v) is 9.14. The number of carbonyl (C=O) groups is 1. The molecule has 2 aromatic heterocycles. The van der Waals surface area contributed by atoms with Gasteiger partial charge in [0.05, 0.1) is 5.39 Å². The Balaban J connectivity index is 2.05. The number of aliphatic carboxylic acids is 1. The largest absolute Gasteiger partial charge is 0.480 e. The normalized spacial score (nSPS) is 13.6. The number of carboxylic acid groups (broad SMARTS) is 1. The van der Waals surface area contributed by atoms with Crippen molar-refractivity contribution in [2.75, 3.05) is 5.32 Å². The zero-order valence-electron chi connectivity index (χ0n) is 14.5. The van der Waals surface area contributed by atoms with Crippen LogP contribution in [0.15, 0.2) is 36.4 Å². The number of hydrogen-bond acceptors (Lipinski definition) is 5. The van der Waals surface area contributed by atoms with Crippen molar-refractivity contribution in [2.45, 2.75) is 33.2 Å². The summed E-state index contributed by atoms with van der Waals surface area (Å²) in [4.78, 5) is 22.6. The molecule has 5 nitrogen and oxygen atoms in total. The van der Waals surface area contributed by atoms with E-state index in [0.717, 1.165) is 27.1 Å². The molecule has 6 heteroatoms. The molecule has 130 valence electrons. The number of benzene rings is 1. The van der Waals surface area contributed by atoms with Crippen LogP contribution in [0.1, 0.15) is 26.1 Å². The number of rotatable bonds is 6. The Labute approximate surface area is 150 Å². The van der Waals surface area contributed by atoms with Crippen LogP contribution in [0.5, 0.6) is 0 Å². The monoisotopic (exact) mass is 355 g/mol. The summed E-state index contributed by atoms with van der Waals surface area (Å²) < 4.78 is 0. The van der Waals surface area contributed by atoms with Crippen molar-refractivity contribution in [1.82, 2.24) is 9.97 Å². The van der Waals surface area contributed by atoms with Crippen LogP contribution in [0.3, 0.4) is 0 Å². The van der Waals surface area contributed by atoms with Gasteiger partial charge in [0.2, 0.25) is 0 Å². The number of anilines is 1. The van der Waals surface area contributed by atoms with Crippen LogP contribution in [0.4, 0.5) is 5.82 Å². The predicted molar refractivity (Wildman–Crippen MR) is 102 cm³/mol. The summed E-state index contributed by atoms with van der Waals surface area (Å²) in [5, 5.41) is 13.6. The van der Waals surface area contributed by atoms with E-state index in [1.807, 2.05) is 45.0 Å². The van der Waals surface area contributed by atoms with E-state index in [9.17, 15) is 9.90 Å². The van der Waals surface area contributed by atoms with E-state index in [0.29, 0.717) is 11.6 Å². The number of nitrogens with one attached hydrogen (secondary N) is 1. The Hall–Kier alpha value is -2.47. The fourth-order valence-electron chi connectivity index (χ4n) is 2.71. The van der Waals surface area contributed by atoms with Gasteiger partial charge in [-0.15, -0.1) is 11.3 Å². The van der Waals surface area contributed by atoms with Crippen molar-refractivity contribution in [3.63, 3.8) is 0 Å². The molecule has 3 aromatic rings. The van der Waals surface area contributed by atoms with Crippen molar-refractivity contribution >= 4 is 33.3 Å². The third kappa shape index (κ3) is 3.64. The SMILES string of the molecule is CCC(C)C(Nc1nc(C)nc2sc(-c3ccccc3)cc12)C(=O)O. The topological polar surface area (TPSA) is 75.1 Å². The average Bonchev–Trinajstić information content (AvgIpc) is 3.03. The lowest BCUT2D eigenvalue weighted by molar-refractivity contribution is -0.139.